The van der Waals surface area contributed by atoms with Crippen LogP contribution in [0, 0.1) is 0 Å². The summed E-state index contributed by atoms with van der Waals surface area (Å²) in [5.74, 6) is 1.39. The van der Waals surface area contributed by atoms with Gasteiger partial charge >= 0.3 is 0 Å². The molecule has 0 atom stereocenters. The molecule has 0 fully saturated rings. The number of rotatable bonds is 2. The maximum absolute atomic E-state index is 9.03. The van der Waals surface area contributed by atoms with E-state index in [0.29, 0.717) is 0 Å². The van der Waals surface area contributed by atoms with Crippen molar-refractivity contribution in [3.8, 4) is 0 Å². The minimum Gasteiger partial charge on any atom is -0.553 e. The smallest absolute Gasteiger partial charge is 0.255 e. The van der Waals surface area contributed by atoms with Crippen LogP contribution < -0.4 is 9.67 Å². The summed E-state index contributed by atoms with van der Waals surface area (Å²) in [5.41, 5.74) is 0. The third-order valence-corrected chi connectivity index (χ3v) is 2.03. The van der Waals surface area contributed by atoms with Crippen LogP contribution in [0.1, 0.15) is 19.7 Å². The Hall–Kier alpha value is -1.52. The Balaban J connectivity index is 0.000000336. The number of carbonyl (C=O) groups is 1. The molecular formula is C10H18N2O3. The van der Waals surface area contributed by atoms with Crippen molar-refractivity contribution < 1.29 is 19.2 Å². The van der Waals surface area contributed by atoms with E-state index >= 15 is 0 Å². The van der Waals surface area contributed by atoms with E-state index in [2.05, 4.69) is 47.2 Å². The number of carbonyl (C=O) groups excluding carboxylic acids is 1. The molecule has 0 aliphatic carbocycles. The average molecular weight is 214 g/mol. The molecule has 1 aromatic rings. The Morgan fingerprint density at radius 3 is 2.40 bits per heavy atom. The molecule has 5 nitrogen and oxygen atoms in total. The highest BCUT2D eigenvalue weighted by molar-refractivity contribution is 5.53. The lowest BCUT2D eigenvalue weighted by molar-refractivity contribution is -0.678. The summed E-state index contributed by atoms with van der Waals surface area (Å²) in [6.07, 6.45) is 3.84. The van der Waals surface area contributed by atoms with Crippen LogP contribution in [-0.2, 0) is 24.8 Å². The first-order chi connectivity index (χ1) is 7.06. The number of methoxy groups -OCH3 is 1. The summed E-state index contributed by atoms with van der Waals surface area (Å²) < 4.78 is 7.99. The second-order valence-corrected chi connectivity index (χ2v) is 2.92. The Kier molecular flexibility index (Phi) is 6.17. The third kappa shape index (κ3) is 4.49. The minimum absolute atomic E-state index is 1.04. The topological polar surface area (TPSA) is 58.2 Å². The zero-order valence-electron chi connectivity index (χ0n) is 9.69. The number of aromatic nitrogens is 2. The molecule has 86 valence electrons. The first-order valence-corrected chi connectivity index (χ1v) is 4.85. The fourth-order valence-corrected chi connectivity index (χ4v) is 1.30. The van der Waals surface area contributed by atoms with Crippen LogP contribution in [0.4, 0.5) is 4.79 Å². The third-order valence-electron chi connectivity index (χ3n) is 2.03. The molecule has 0 aromatic carbocycles. The second kappa shape index (κ2) is 6.86. The van der Waals surface area contributed by atoms with Gasteiger partial charge in [-0.3, -0.25) is 0 Å². The Morgan fingerprint density at radius 1 is 1.60 bits per heavy atom. The standard InChI is InChI=1S/C8H15N2.C2H4O3/c1-4-8-9(3)6-7-10(8)5-2;1-5-2(3)4/h6-7H,4-5H2,1-3H3;1H3,(H,3,4)/q+1;/p-1. The molecule has 0 unspecified atom stereocenters. The molecule has 0 radical (unpaired) electrons. The molecule has 0 saturated carbocycles. The van der Waals surface area contributed by atoms with Crippen molar-refractivity contribution in [3.63, 3.8) is 0 Å². The van der Waals surface area contributed by atoms with E-state index in [-0.39, 0.29) is 0 Å². The van der Waals surface area contributed by atoms with Crippen molar-refractivity contribution in [2.45, 2.75) is 26.8 Å². The SMILES string of the molecule is CCc1n(CC)cc[n+]1C.COC(=O)[O-]. The lowest BCUT2D eigenvalue weighted by atomic mass is 10.4. The molecular weight excluding hydrogens is 196 g/mol. The quantitative estimate of drug-likeness (QED) is 0.509. The van der Waals surface area contributed by atoms with Gasteiger partial charge in [-0.25, -0.2) is 9.13 Å². The highest BCUT2D eigenvalue weighted by Crippen LogP contribution is 1.94. The van der Waals surface area contributed by atoms with E-state index < -0.39 is 6.16 Å². The summed E-state index contributed by atoms with van der Waals surface area (Å²) in [5, 5.41) is 9.03. The van der Waals surface area contributed by atoms with Crippen molar-refractivity contribution in [1.29, 1.82) is 0 Å². The number of hydrogen-bond donors (Lipinski definition) is 0. The maximum atomic E-state index is 9.03. The van der Waals surface area contributed by atoms with Gasteiger partial charge in [0, 0.05) is 13.5 Å². The average Bonchev–Trinajstić information content (AvgIpc) is 2.59. The lowest BCUT2D eigenvalue weighted by Gasteiger charge is -1.94. The van der Waals surface area contributed by atoms with Crippen LogP contribution >= 0.6 is 0 Å². The minimum atomic E-state index is -1.50. The molecule has 1 heterocycles. The van der Waals surface area contributed by atoms with Gasteiger partial charge in [0.25, 0.3) is 12.0 Å². The molecule has 0 aliphatic heterocycles. The molecule has 0 amide bonds. The molecule has 0 N–H and O–H groups in total. The maximum Gasteiger partial charge on any atom is 0.255 e. The first-order valence-electron chi connectivity index (χ1n) is 4.85. The van der Waals surface area contributed by atoms with Gasteiger partial charge in [0.1, 0.15) is 12.4 Å². The van der Waals surface area contributed by atoms with Crippen molar-refractivity contribution >= 4 is 6.16 Å². The Labute approximate surface area is 89.9 Å². The number of nitrogens with zero attached hydrogens (tertiary/aromatic N) is 2. The number of carboxylic acid groups (broad SMARTS) is 1. The van der Waals surface area contributed by atoms with Gasteiger partial charge in [-0.05, 0) is 6.92 Å². The predicted molar refractivity (Wildman–Crippen MR) is 53.1 cm³/mol. The molecule has 1 rings (SSSR count). The van der Waals surface area contributed by atoms with Crippen LogP contribution in [0.25, 0.3) is 0 Å². The largest absolute Gasteiger partial charge is 0.553 e. The van der Waals surface area contributed by atoms with Crippen LogP contribution in [0.15, 0.2) is 12.4 Å². The van der Waals surface area contributed by atoms with Crippen molar-refractivity contribution in [1.82, 2.24) is 4.57 Å². The van der Waals surface area contributed by atoms with E-state index in [1.54, 1.807) is 0 Å². The van der Waals surface area contributed by atoms with Gasteiger partial charge in [-0.1, -0.05) is 6.92 Å². The summed E-state index contributed by atoms with van der Waals surface area (Å²) in [4.78, 5) is 9.03. The first kappa shape index (κ1) is 13.5. The normalized spacial score (nSPS) is 9.07. The highest BCUT2D eigenvalue weighted by atomic mass is 16.6. The predicted octanol–water partition coefficient (Wildman–Crippen LogP) is -0.129. The van der Waals surface area contributed by atoms with Crippen molar-refractivity contribution in [2.24, 2.45) is 7.05 Å². The fourth-order valence-electron chi connectivity index (χ4n) is 1.30. The van der Waals surface area contributed by atoms with Crippen LogP contribution in [0.5, 0.6) is 0 Å². The van der Waals surface area contributed by atoms with Crippen LogP contribution in [-0.4, -0.2) is 17.8 Å². The van der Waals surface area contributed by atoms with Crippen LogP contribution in [0.2, 0.25) is 0 Å². The lowest BCUT2D eigenvalue weighted by Crippen LogP contribution is -2.31. The molecule has 0 spiro atoms. The van der Waals surface area contributed by atoms with Gasteiger partial charge in [0.15, 0.2) is 0 Å². The molecule has 0 aliphatic rings. The van der Waals surface area contributed by atoms with Gasteiger partial charge in [0.05, 0.1) is 13.6 Å². The number of hydrogen-bond acceptors (Lipinski definition) is 3. The van der Waals surface area contributed by atoms with E-state index in [1.165, 1.54) is 5.82 Å². The second-order valence-electron chi connectivity index (χ2n) is 2.92. The molecule has 1 aromatic heterocycles. The number of ether oxygens (including phenoxy) is 1. The van der Waals surface area contributed by atoms with E-state index in [4.69, 9.17) is 9.90 Å². The number of imidazole rings is 1. The van der Waals surface area contributed by atoms with Crippen molar-refractivity contribution in [2.75, 3.05) is 7.11 Å². The Bertz CT molecular complexity index is 308. The zero-order valence-corrected chi connectivity index (χ0v) is 9.69. The van der Waals surface area contributed by atoms with Crippen molar-refractivity contribution in [3.05, 3.63) is 18.2 Å². The summed E-state index contributed by atoms with van der Waals surface area (Å²) in [6, 6.07) is 0. The van der Waals surface area contributed by atoms with Gasteiger partial charge in [-0.15, -0.1) is 0 Å². The van der Waals surface area contributed by atoms with Gasteiger partial charge in [0.2, 0.25) is 0 Å². The van der Waals surface area contributed by atoms with Gasteiger partial charge < -0.3 is 14.6 Å². The summed E-state index contributed by atoms with van der Waals surface area (Å²) in [7, 11) is 3.13. The van der Waals surface area contributed by atoms with Gasteiger partial charge in [-0.2, -0.15) is 0 Å². The summed E-state index contributed by atoms with van der Waals surface area (Å²) >= 11 is 0. The fraction of sp³-hybridized carbons (Fsp3) is 0.600. The monoisotopic (exact) mass is 214 g/mol. The number of aryl methyl sites for hydroxylation is 2. The highest BCUT2D eigenvalue weighted by Gasteiger charge is 2.08. The van der Waals surface area contributed by atoms with E-state index in [0.717, 1.165) is 20.1 Å². The molecule has 0 bridgehead atoms. The van der Waals surface area contributed by atoms with E-state index in [1.807, 2.05) is 0 Å². The zero-order chi connectivity index (χ0) is 11.8. The molecule has 0 saturated heterocycles. The Morgan fingerprint density at radius 2 is 2.13 bits per heavy atom. The molecule has 15 heavy (non-hydrogen) atoms. The molecule has 5 heteroatoms. The summed E-state index contributed by atoms with van der Waals surface area (Å²) in [6.45, 7) is 5.42. The van der Waals surface area contributed by atoms with Crippen LogP contribution in [0.3, 0.4) is 0 Å². The van der Waals surface area contributed by atoms with E-state index in [9.17, 15) is 0 Å².